The van der Waals surface area contributed by atoms with Gasteiger partial charge >= 0.3 is 0 Å². The topological polar surface area (TPSA) is 56.8 Å². The fourth-order valence-corrected chi connectivity index (χ4v) is 10.5. The number of hydrogen-bond donors (Lipinski definition) is 0. The van der Waals surface area contributed by atoms with Gasteiger partial charge in [0.25, 0.3) is 0 Å². The van der Waals surface area contributed by atoms with Gasteiger partial charge in [0.05, 0.1) is 16.7 Å². The Morgan fingerprint density at radius 3 is 1.98 bits per heavy atom. The zero-order valence-electron chi connectivity index (χ0n) is 31.9. The zero-order chi connectivity index (χ0) is 37.9. The molecular weight excluding hydrogens is 727 g/mol. The molecule has 0 bridgehead atoms. The SMILES string of the molecule is CCCN(CCSc1ccccc1)c1ccc2c(-c3ccccc3S(=O)(=O)N(CC)CC)c3ccc(=[N+](CCC)CCSc4ccccc4)cc-3oc2c1. The number of sulfonamides is 1. The number of fused-ring (bicyclic) bond motifs is 2. The molecule has 0 amide bonds. The van der Waals surface area contributed by atoms with Crippen molar-refractivity contribution in [2.45, 2.75) is 55.2 Å². The molecule has 6 nitrogen and oxygen atoms in total. The summed E-state index contributed by atoms with van der Waals surface area (Å²) in [4.78, 5) is 5.27. The van der Waals surface area contributed by atoms with Crippen molar-refractivity contribution in [2.24, 2.45) is 0 Å². The van der Waals surface area contributed by atoms with Gasteiger partial charge in [-0.05, 0) is 55.0 Å². The highest BCUT2D eigenvalue weighted by molar-refractivity contribution is 7.99. The van der Waals surface area contributed by atoms with Gasteiger partial charge in [-0.15, -0.1) is 23.5 Å². The van der Waals surface area contributed by atoms with Gasteiger partial charge in [0.1, 0.15) is 17.9 Å². The molecule has 0 saturated heterocycles. The van der Waals surface area contributed by atoms with Crippen molar-refractivity contribution in [1.82, 2.24) is 8.88 Å². The van der Waals surface area contributed by atoms with Crippen LogP contribution in [0.5, 0.6) is 0 Å². The van der Waals surface area contributed by atoms with E-state index < -0.39 is 10.0 Å². The summed E-state index contributed by atoms with van der Waals surface area (Å²) in [5, 5.41) is 1.98. The third-order valence-corrected chi connectivity index (χ3v) is 13.7. The summed E-state index contributed by atoms with van der Waals surface area (Å²) in [5.41, 5.74) is 4.28. The Bertz CT molecular complexity index is 2270. The number of nitrogens with zero attached hydrogens (tertiary/aromatic N) is 3. The van der Waals surface area contributed by atoms with Crippen LogP contribution in [0.3, 0.4) is 0 Å². The zero-order valence-corrected chi connectivity index (χ0v) is 34.4. The lowest BCUT2D eigenvalue weighted by Crippen LogP contribution is -2.32. The molecule has 0 atom stereocenters. The van der Waals surface area contributed by atoms with Crippen LogP contribution in [0.15, 0.2) is 140 Å². The van der Waals surface area contributed by atoms with Crippen LogP contribution in [-0.4, -0.2) is 63.5 Å². The molecule has 6 rings (SSSR count). The van der Waals surface area contributed by atoms with Crippen LogP contribution in [-0.2, 0) is 10.0 Å². The van der Waals surface area contributed by atoms with E-state index in [1.165, 1.54) is 14.1 Å². The highest BCUT2D eigenvalue weighted by atomic mass is 32.2. The van der Waals surface area contributed by atoms with E-state index in [0.29, 0.717) is 23.5 Å². The maximum Gasteiger partial charge on any atom is 0.243 e. The molecule has 0 fully saturated rings. The molecular formula is C45H52N3O3S3+. The second-order valence-corrected chi connectivity index (χ2v) is 17.5. The lowest BCUT2D eigenvalue weighted by atomic mass is 9.93. The third kappa shape index (κ3) is 9.25. The van der Waals surface area contributed by atoms with Crippen molar-refractivity contribution in [3.05, 3.63) is 127 Å². The second-order valence-electron chi connectivity index (χ2n) is 13.2. The van der Waals surface area contributed by atoms with Crippen molar-refractivity contribution in [2.75, 3.05) is 55.7 Å². The minimum atomic E-state index is -3.76. The summed E-state index contributed by atoms with van der Waals surface area (Å²) in [6, 6.07) is 41.4. The van der Waals surface area contributed by atoms with Crippen LogP contribution in [0.1, 0.15) is 40.5 Å². The molecule has 1 heterocycles. The van der Waals surface area contributed by atoms with Gasteiger partial charge in [0.2, 0.25) is 15.4 Å². The van der Waals surface area contributed by atoms with E-state index in [1.54, 1.807) is 6.07 Å². The Morgan fingerprint density at radius 1 is 0.648 bits per heavy atom. The van der Waals surface area contributed by atoms with Crippen molar-refractivity contribution >= 4 is 50.2 Å². The first kappa shape index (κ1) is 39.7. The lowest BCUT2D eigenvalue weighted by Gasteiger charge is -2.25. The molecule has 4 aromatic rings. The average molecular weight is 779 g/mol. The molecule has 54 heavy (non-hydrogen) atoms. The Labute approximate surface area is 330 Å². The molecule has 0 saturated carbocycles. The molecule has 0 aromatic heterocycles. The first-order valence-corrected chi connectivity index (χ1v) is 22.6. The van der Waals surface area contributed by atoms with Crippen molar-refractivity contribution in [3.63, 3.8) is 0 Å². The maximum absolute atomic E-state index is 14.2. The van der Waals surface area contributed by atoms with Gasteiger partial charge in [0, 0.05) is 88.0 Å². The first-order valence-electron chi connectivity index (χ1n) is 19.2. The smallest absolute Gasteiger partial charge is 0.243 e. The fourth-order valence-electron chi connectivity index (χ4n) is 7.01. The minimum Gasteiger partial charge on any atom is -0.456 e. The quantitative estimate of drug-likeness (QED) is 0.0492. The summed E-state index contributed by atoms with van der Waals surface area (Å²) in [7, 11) is -3.76. The van der Waals surface area contributed by atoms with E-state index in [1.807, 2.05) is 55.6 Å². The predicted molar refractivity (Wildman–Crippen MR) is 231 cm³/mol. The Hall–Kier alpha value is -4.02. The standard InChI is InChI=1S/C45H52N3O3S3/c1-5-27-46(29-31-52-37-17-11-9-12-18-37)35-23-25-39-42(33-35)51-43-34-36(47(28-6-2)30-32-53-38-19-13-10-14-20-38)24-26-40(43)45(39)41-21-15-16-22-44(41)54(49,50)48(7-3)8-4/h9-26,33-34H,5-8,27-32H2,1-4H3/q+1. The van der Waals surface area contributed by atoms with Crippen LogP contribution in [0, 0.1) is 0 Å². The van der Waals surface area contributed by atoms with E-state index in [9.17, 15) is 8.42 Å². The molecule has 0 unspecified atom stereocenters. The fraction of sp³-hybridized carbons (Fsp3) is 0.311. The van der Waals surface area contributed by atoms with Gasteiger partial charge < -0.3 is 9.32 Å². The van der Waals surface area contributed by atoms with Gasteiger partial charge in [-0.3, -0.25) is 0 Å². The minimum absolute atomic E-state index is 0.312. The molecule has 4 aromatic carbocycles. The maximum atomic E-state index is 14.2. The number of thioether (sulfide) groups is 2. The van der Waals surface area contributed by atoms with Crippen LogP contribution in [0.25, 0.3) is 33.4 Å². The predicted octanol–water partition coefficient (Wildman–Crippen LogP) is 10.2. The van der Waals surface area contributed by atoms with Gasteiger partial charge in [0.15, 0.2) is 6.54 Å². The molecule has 1 aliphatic carbocycles. The van der Waals surface area contributed by atoms with Crippen LogP contribution in [0.4, 0.5) is 5.69 Å². The highest BCUT2D eigenvalue weighted by Gasteiger charge is 2.28. The van der Waals surface area contributed by atoms with Gasteiger partial charge in [-0.2, -0.15) is 4.31 Å². The average Bonchev–Trinajstić information content (AvgIpc) is 3.20. The summed E-state index contributed by atoms with van der Waals surface area (Å²) >= 11 is 3.73. The normalized spacial score (nSPS) is 12.5. The molecule has 0 spiro atoms. The number of benzene rings is 5. The Morgan fingerprint density at radius 2 is 1.31 bits per heavy atom. The number of anilines is 1. The van der Waals surface area contributed by atoms with E-state index in [2.05, 4.69) is 120 Å². The highest BCUT2D eigenvalue weighted by Crippen LogP contribution is 2.43. The molecule has 9 heteroatoms. The van der Waals surface area contributed by atoms with Crippen molar-refractivity contribution < 1.29 is 12.8 Å². The number of hydrogen-bond acceptors (Lipinski definition) is 6. The molecule has 1 aliphatic heterocycles. The van der Waals surface area contributed by atoms with E-state index in [0.717, 1.165) is 89.4 Å². The molecule has 0 N–H and O–H groups in total. The summed E-state index contributed by atoms with van der Waals surface area (Å²) < 4.78 is 39.2. The summed E-state index contributed by atoms with van der Waals surface area (Å²) in [5.74, 6) is 2.65. The van der Waals surface area contributed by atoms with E-state index in [-0.39, 0.29) is 0 Å². The van der Waals surface area contributed by atoms with Gasteiger partial charge in [-0.25, -0.2) is 13.0 Å². The summed E-state index contributed by atoms with van der Waals surface area (Å²) in [6.45, 7) is 12.6. The largest absolute Gasteiger partial charge is 0.456 e. The summed E-state index contributed by atoms with van der Waals surface area (Å²) in [6.07, 6.45) is 2.04. The molecule has 0 radical (unpaired) electrons. The van der Waals surface area contributed by atoms with Crippen LogP contribution >= 0.6 is 23.5 Å². The number of rotatable bonds is 18. The lowest BCUT2D eigenvalue weighted by molar-refractivity contribution is 0.445. The second kappa shape index (κ2) is 19.0. The Balaban J connectivity index is 1.50. The molecule has 282 valence electrons. The van der Waals surface area contributed by atoms with E-state index in [4.69, 9.17) is 4.42 Å². The first-order chi connectivity index (χ1) is 26.4. The van der Waals surface area contributed by atoms with Crippen molar-refractivity contribution in [3.8, 4) is 22.5 Å². The monoisotopic (exact) mass is 778 g/mol. The Kier molecular flexibility index (Phi) is 14.0. The third-order valence-electron chi connectivity index (χ3n) is 9.63. The van der Waals surface area contributed by atoms with E-state index >= 15 is 0 Å². The molecule has 2 aliphatic rings. The van der Waals surface area contributed by atoms with Crippen LogP contribution < -0.4 is 14.8 Å². The van der Waals surface area contributed by atoms with Gasteiger partial charge in [-0.1, -0.05) is 82.3 Å². The van der Waals surface area contributed by atoms with Crippen LogP contribution in [0.2, 0.25) is 0 Å². The van der Waals surface area contributed by atoms with Crippen molar-refractivity contribution in [1.29, 1.82) is 0 Å².